The molecule has 2 N–H and O–H groups in total. The first kappa shape index (κ1) is 15.2. The van der Waals surface area contributed by atoms with Gasteiger partial charge in [0.15, 0.2) is 0 Å². The second-order valence-corrected chi connectivity index (χ2v) is 5.82. The summed E-state index contributed by atoms with van der Waals surface area (Å²) < 4.78 is 10.7. The molecule has 1 aliphatic heterocycles. The molecular weight excluding hydrogens is 232 g/mol. The van der Waals surface area contributed by atoms with Gasteiger partial charge in [0.1, 0.15) is 5.60 Å². The van der Waals surface area contributed by atoms with Gasteiger partial charge < -0.3 is 20.1 Å². The minimum absolute atomic E-state index is 0.149. The van der Waals surface area contributed by atoms with E-state index in [2.05, 4.69) is 17.6 Å². The molecule has 0 aromatic carbocycles. The van der Waals surface area contributed by atoms with E-state index in [1.807, 2.05) is 20.8 Å². The first-order valence-electron chi connectivity index (χ1n) is 6.66. The maximum Gasteiger partial charge on any atom is 0.407 e. The van der Waals surface area contributed by atoms with Crippen LogP contribution in [0.5, 0.6) is 0 Å². The number of hydrogen-bond acceptors (Lipinski definition) is 4. The molecule has 1 amide bonds. The summed E-state index contributed by atoms with van der Waals surface area (Å²) in [5.74, 6) is 0. The average Bonchev–Trinajstić information content (AvgIpc) is 2.26. The molecule has 1 aliphatic rings. The second-order valence-electron chi connectivity index (χ2n) is 5.82. The van der Waals surface area contributed by atoms with E-state index in [1.54, 1.807) is 0 Å². The normalized spacial score (nSPS) is 24.7. The SMILES string of the molecule is CCNC1(CNC(=O)OC(C)(C)C)CCCOC1. The summed E-state index contributed by atoms with van der Waals surface area (Å²) in [6.45, 7) is 10.5. The summed E-state index contributed by atoms with van der Waals surface area (Å²) in [6, 6.07) is 0. The molecule has 0 aromatic heterocycles. The Morgan fingerprint density at radius 3 is 2.67 bits per heavy atom. The lowest BCUT2D eigenvalue weighted by Crippen LogP contribution is -2.58. The lowest BCUT2D eigenvalue weighted by molar-refractivity contribution is 0.0160. The zero-order valence-corrected chi connectivity index (χ0v) is 12.0. The first-order valence-corrected chi connectivity index (χ1v) is 6.66. The fourth-order valence-electron chi connectivity index (χ4n) is 2.12. The predicted octanol–water partition coefficient (Wildman–Crippen LogP) is 1.67. The minimum atomic E-state index is -0.460. The number of hydrogen-bond donors (Lipinski definition) is 2. The van der Waals surface area contributed by atoms with Crippen molar-refractivity contribution in [2.45, 2.75) is 51.7 Å². The van der Waals surface area contributed by atoms with E-state index in [-0.39, 0.29) is 11.6 Å². The van der Waals surface area contributed by atoms with Crippen molar-refractivity contribution in [3.63, 3.8) is 0 Å². The summed E-state index contributed by atoms with van der Waals surface area (Å²) in [5, 5.41) is 6.25. The maximum atomic E-state index is 11.6. The van der Waals surface area contributed by atoms with Crippen molar-refractivity contribution in [1.29, 1.82) is 0 Å². The Hall–Kier alpha value is -0.810. The van der Waals surface area contributed by atoms with Crippen LogP contribution in [0.2, 0.25) is 0 Å². The van der Waals surface area contributed by atoms with Crippen LogP contribution >= 0.6 is 0 Å². The number of ether oxygens (including phenoxy) is 2. The molecule has 0 spiro atoms. The molecule has 1 heterocycles. The third-order valence-corrected chi connectivity index (χ3v) is 2.84. The zero-order valence-electron chi connectivity index (χ0n) is 12.0. The lowest BCUT2D eigenvalue weighted by atomic mass is 9.92. The van der Waals surface area contributed by atoms with Crippen LogP contribution in [0.25, 0.3) is 0 Å². The highest BCUT2D eigenvalue weighted by Gasteiger charge is 2.32. The van der Waals surface area contributed by atoms with Gasteiger partial charge in [-0.3, -0.25) is 0 Å². The van der Waals surface area contributed by atoms with E-state index in [0.717, 1.165) is 26.0 Å². The quantitative estimate of drug-likeness (QED) is 0.805. The zero-order chi connectivity index (χ0) is 13.6. The van der Waals surface area contributed by atoms with Crippen LogP contribution in [0.15, 0.2) is 0 Å². The van der Waals surface area contributed by atoms with Crippen molar-refractivity contribution in [3.05, 3.63) is 0 Å². The molecule has 1 saturated heterocycles. The molecule has 0 aliphatic carbocycles. The topological polar surface area (TPSA) is 59.6 Å². The van der Waals surface area contributed by atoms with Crippen molar-refractivity contribution in [3.8, 4) is 0 Å². The van der Waals surface area contributed by atoms with Crippen LogP contribution in [0.4, 0.5) is 4.79 Å². The largest absolute Gasteiger partial charge is 0.444 e. The highest BCUT2D eigenvalue weighted by molar-refractivity contribution is 5.67. The number of carbonyl (C=O) groups is 1. The van der Waals surface area contributed by atoms with Gasteiger partial charge in [0, 0.05) is 13.2 Å². The number of rotatable bonds is 4. The number of nitrogens with one attached hydrogen (secondary N) is 2. The van der Waals surface area contributed by atoms with Gasteiger partial charge in [-0.15, -0.1) is 0 Å². The van der Waals surface area contributed by atoms with E-state index in [0.29, 0.717) is 13.2 Å². The molecule has 0 aromatic rings. The molecule has 5 heteroatoms. The monoisotopic (exact) mass is 258 g/mol. The first-order chi connectivity index (χ1) is 8.37. The standard InChI is InChI=1S/C13H26N2O3/c1-5-15-13(7-6-8-17-10-13)9-14-11(16)18-12(2,3)4/h15H,5-10H2,1-4H3,(H,14,16). The number of alkyl carbamates (subject to hydrolysis) is 1. The minimum Gasteiger partial charge on any atom is -0.444 e. The number of amides is 1. The maximum absolute atomic E-state index is 11.6. The number of likely N-dealkylation sites (N-methyl/N-ethyl adjacent to an activating group) is 1. The van der Waals surface area contributed by atoms with Crippen molar-refractivity contribution < 1.29 is 14.3 Å². The van der Waals surface area contributed by atoms with Gasteiger partial charge in [0.05, 0.1) is 12.1 Å². The van der Waals surface area contributed by atoms with Crippen LogP contribution in [0.1, 0.15) is 40.5 Å². The van der Waals surface area contributed by atoms with Gasteiger partial charge in [-0.05, 0) is 40.2 Å². The number of carbonyl (C=O) groups excluding carboxylic acids is 1. The molecule has 106 valence electrons. The second kappa shape index (κ2) is 6.38. The molecule has 0 radical (unpaired) electrons. The molecule has 0 saturated carbocycles. The fourth-order valence-corrected chi connectivity index (χ4v) is 2.12. The lowest BCUT2D eigenvalue weighted by Gasteiger charge is -2.38. The Bertz CT molecular complexity index is 262. The van der Waals surface area contributed by atoms with Crippen molar-refractivity contribution in [2.24, 2.45) is 0 Å². The Kier molecular flexibility index (Phi) is 5.41. The third kappa shape index (κ3) is 5.23. The van der Waals surface area contributed by atoms with Gasteiger partial charge >= 0.3 is 6.09 Å². The molecule has 0 bridgehead atoms. The van der Waals surface area contributed by atoms with Crippen LogP contribution < -0.4 is 10.6 Å². The average molecular weight is 258 g/mol. The van der Waals surface area contributed by atoms with Crippen LogP contribution in [-0.2, 0) is 9.47 Å². The van der Waals surface area contributed by atoms with Crippen LogP contribution in [0.3, 0.4) is 0 Å². The summed E-state index contributed by atoms with van der Waals surface area (Å²) in [4.78, 5) is 11.6. The van der Waals surface area contributed by atoms with E-state index in [9.17, 15) is 4.79 Å². The smallest absolute Gasteiger partial charge is 0.407 e. The van der Waals surface area contributed by atoms with Crippen LogP contribution in [-0.4, -0.2) is 43.5 Å². The Labute approximate surface area is 110 Å². The fraction of sp³-hybridized carbons (Fsp3) is 0.923. The summed E-state index contributed by atoms with van der Waals surface area (Å²) in [5.41, 5.74) is -0.609. The Morgan fingerprint density at radius 1 is 1.44 bits per heavy atom. The van der Waals surface area contributed by atoms with Crippen molar-refractivity contribution in [2.75, 3.05) is 26.3 Å². The highest BCUT2D eigenvalue weighted by atomic mass is 16.6. The van der Waals surface area contributed by atoms with Gasteiger partial charge in [-0.2, -0.15) is 0 Å². The molecule has 1 fully saturated rings. The van der Waals surface area contributed by atoms with Gasteiger partial charge in [0.25, 0.3) is 0 Å². The highest BCUT2D eigenvalue weighted by Crippen LogP contribution is 2.18. The molecule has 18 heavy (non-hydrogen) atoms. The van der Waals surface area contributed by atoms with Gasteiger partial charge in [-0.1, -0.05) is 6.92 Å². The van der Waals surface area contributed by atoms with E-state index >= 15 is 0 Å². The summed E-state index contributed by atoms with van der Waals surface area (Å²) >= 11 is 0. The molecule has 5 nitrogen and oxygen atoms in total. The third-order valence-electron chi connectivity index (χ3n) is 2.84. The van der Waals surface area contributed by atoms with Crippen molar-refractivity contribution in [1.82, 2.24) is 10.6 Å². The predicted molar refractivity (Wildman–Crippen MR) is 70.7 cm³/mol. The van der Waals surface area contributed by atoms with Crippen LogP contribution in [0, 0.1) is 0 Å². The summed E-state index contributed by atoms with van der Waals surface area (Å²) in [6.07, 6.45) is 1.66. The van der Waals surface area contributed by atoms with Crippen molar-refractivity contribution >= 4 is 6.09 Å². The molecule has 1 unspecified atom stereocenters. The van der Waals surface area contributed by atoms with Gasteiger partial charge in [0.2, 0.25) is 0 Å². The molecule has 1 rings (SSSR count). The van der Waals surface area contributed by atoms with E-state index in [4.69, 9.17) is 9.47 Å². The van der Waals surface area contributed by atoms with E-state index in [1.165, 1.54) is 0 Å². The van der Waals surface area contributed by atoms with Gasteiger partial charge in [-0.25, -0.2) is 4.79 Å². The van der Waals surface area contributed by atoms with E-state index < -0.39 is 5.60 Å². The summed E-state index contributed by atoms with van der Waals surface area (Å²) in [7, 11) is 0. The molecule has 1 atom stereocenters. The Balaban J connectivity index is 2.44. The molecular formula is C13H26N2O3. The Morgan fingerprint density at radius 2 is 2.17 bits per heavy atom.